The summed E-state index contributed by atoms with van der Waals surface area (Å²) in [5.74, 6) is 0.0915. The number of carbonyl (C=O) groups excluding carboxylic acids is 1. The summed E-state index contributed by atoms with van der Waals surface area (Å²) in [7, 11) is 0. The summed E-state index contributed by atoms with van der Waals surface area (Å²) in [5.41, 5.74) is 1.68. The molecule has 1 fully saturated rings. The quantitative estimate of drug-likeness (QED) is 0.925. The normalized spacial score (nSPS) is 16.3. The van der Waals surface area contributed by atoms with E-state index in [2.05, 4.69) is 4.90 Å². The minimum atomic E-state index is -0.479. The fraction of sp³-hybridized carbons (Fsp3) is 0.316. The Balaban J connectivity index is 0.00000208. The van der Waals surface area contributed by atoms with Gasteiger partial charge in [-0.2, -0.15) is 0 Å². The van der Waals surface area contributed by atoms with Gasteiger partial charge in [-0.15, -0.1) is 12.4 Å². The van der Waals surface area contributed by atoms with Gasteiger partial charge in [0, 0.05) is 38.3 Å². The van der Waals surface area contributed by atoms with Crippen LogP contribution >= 0.6 is 12.4 Å². The fourth-order valence-electron chi connectivity index (χ4n) is 2.92. The van der Waals surface area contributed by atoms with E-state index in [4.69, 9.17) is 0 Å². The highest BCUT2D eigenvalue weighted by Crippen LogP contribution is 2.15. The summed E-state index contributed by atoms with van der Waals surface area (Å²) in [5, 5.41) is 10.3. The first-order valence-electron chi connectivity index (χ1n) is 8.04. The third-order valence-corrected chi connectivity index (χ3v) is 4.30. The summed E-state index contributed by atoms with van der Waals surface area (Å²) in [4.78, 5) is 16.5. The van der Waals surface area contributed by atoms with Crippen LogP contribution in [0.2, 0.25) is 0 Å². The third kappa shape index (κ3) is 4.57. The Kier molecular flexibility index (Phi) is 6.79. The number of aliphatic hydroxyl groups excluding tert-OH is 1. The molecule has 128 valence electrons. The molecule has 0 bridgehead atoms. The second-order valence-electron chi connectivity index (χ2n) is 5.89. The molecule has 0 aliphatic carbocycles. The lowest BCUT2D eigenvalue weighted by atomic mass is 10.1. The summed E-state index contributed by atoms with van der Waals surface area (Å²) in [6.45, 7) is 3.60. The second-order valence-corrected chi connectivity index (χ2v) is 5.89. The number of benzene rings is 2. The monoisotopic (exact) mass is 346 g/mol. The Morgan fingerprint density at radius 1 is 0.917 bits per heavy atom. The maximum atomic E-state index is 12.4. The van der Waals surface area contributed by atoms with Gasteiger partial charge in [-0.3, -0.25) is 9.69 Å². The van der Waals surface area contributed by atoms with Gasteiger partial charge >= 0.3 is 0 Å². The Morgan fingerprint density at radius 2 is 1.46 bits per heavy atom. The van der Waals surface area contributed by atoms with Gasteiger partial charge < -0.3 is 10.0 Å². The number of nitrogens with zero attached hydrogens (tertiary/aromatic N) is 2. The van der Waals surface area contributed by atoms with Crippen molar-refractivity contribution in [3.05, 3.63) is 71.8 Å². The van der Waals surface area contributed by atoms with Gasteiger partial charge in [0.25, 0.3) is 5.91 Å². The number of halogens is 1. The molecule has 1 saturated heterocycles. The number of rotatable bonds is 4. The van der Waals surface area contributed by atoms with Crippen molar-refractivity contribution in [2.24, 2.45) is 0 Å². The van der Waals surface area contributed by atoms with Gasteiger partial charge in [-0.05, 0) is 17.7 Å². The molecule has 3 rings (SSSR count). The van der Waals surface area contributed by atoms with E-state index in [0.717, 1.165) is 24.2 Å². The number of amides is 1. The van der Waals surface area contributed by atoms with Crippen LogP contribution in [-0.4, -0.2) is 53.5 Å². The lowest BCUT2D eigenvalue weighted by Gasteiger charge is -2.35. The second kappa shape index (κ2) is 8.83. The number of carbonyl (C=O) groups is 1. The average Bonchev–Trinajstić information content (AvgIpc) is 2.63. The van der Waals surface area contributed by atoms with Gasteiger partial charge in [0.15, 0.2) is 0 Å². The van der Waals surface area contributed by atoms with Crippen LogP contribution in [0.4, 0.5) is 0 Å². The Bertz CT molecular complexity index is 628. The van der Waals surface area contributed by atoms with Gasteiger partial charge in [-0.25, -0.2) is 0 Å². The molecular weight excluding hydrogens is 324 g/mol. The fourth-order valence-corrected chi connectivity index (χ4v) is 2.92. The lowest BCUT2D eigenvalue weighted by molar-refractivity contribution is 0.0527. The molecule has 24 heavy (non-hydrogen) atoms. The molecule has 1 amide bonds. The molecule has 4 nitrogen and oxygen atoms in total. The lowest BCUT2D eigenvalue weighted by Crippen LogP contribution is -2.49. The third-order valence-electron chi connectivity index (χ3n) is 4.30. The number of piperazine rings is 1. The first-order valence-corrected chi connectivity index (χ1v) is 8.04. The van der Waals surface area contributed by atoms with Crippen molar-refractivity contribution in [2.45, 2.75) is 6.10 Å². The van der Waals surface area contributed by atoms with Crippen LogP contribution in [0.3, 0.4) is 0 Å². The molecule has 0 saturated carbocycles. The summed E-state index contributed by atoms with van der Waals surface area (Å²) in [6, 6.07) is 19.1. The molecule has 2 aromatic rings. The molecule has 2 aromatic carbocycles. The van der Waals surface area contributed by atoms with Crippen LogP contribution in [-0.2, 0) is 0 Å². The number of β-amino-alcohol motifs (C(OH)–C–C–N with tert-alkyl or cyclic N) is 1. The maximum absolute atomic E-state index is 12.4. The molecule has 1 aliphatic rings. The van der Waals surface area contributed by atoms with Crippen molar-refractivity contribution in [2.75, 3.05) is 32.7 Å². The maximum Gasteiger partial charge on any atom is 0.253 e. The molecular formula is C19H23ClN2O2. The van der Waals surface area contributed by atoms with Crippen LogP contribution in [0.5, 0.6) is 0 Å². The Hall–Kier alpha value is -1.88. The van der Waals surface area contributed by atoms with E-state index in [0.29, 0.717) is 19.6 Å². The van der Waals surface area contributed by atoms with Gasteiger partial charge in [0.1, 0.15) is 0 Å². The largest absolute Gasteiger partial charge is 0.387 e. The van der Waals surface area contributed by atoms with Crippen molar-refractivity contribution in [1.82, 2.24) is 9.80 Å². The number of aliphatic hydroxyl groups is 1. The topological polar surface area (TPSA) is 43.8 Å². The predicted molar refractivity (Wildman–Crippen MR) is 97.4 cm³/mol. The molecule has 1 heterocycles. The van der Waals surface area contributed by atoms with E-state index in [9.17, 15) is 9.90 Å². The standard InChI is InChI=1S/C19H22N2O2.ClH/c22-18(16-7-3-1-4-8-16)15-20-11-13-21(14-12-20)19(23)17-9-5-2-6-10-17;/h1-10,18,22H,11-15H2;1H. The molecule has 1 unspecified atom stereocenters. The van der Waals surface area contributed by atoms with E-state index in [-0.39, 0.29) is 18.3 Å². The van der Waals surface area contributed by atoms with Crippen molar-refractivity contribution in [1.29, 1.82) is 0 Å². The van der Waals surface area contributed by atoms with Crippen molar-refractivity contribution in [3.8, 4) is 0 Å². The highest BCUT2D eigenvalue weighted by atomic mass is 35.5. The highest BCUT2D eigenvalue weighted by molar-refractivity contribution is 5.94. The van der Waals surface area contributed by atoms with Gasteiger partial charge in [-0.1, -0.05) is 48.5 Å². The predicted octanol–water partition coefficient (Wildman–Crippen LogP) is 2.60. The average molecular weight is 347 g/mol. The molecule has 5 heteroatoms. The van der Waals surface area contributed by atoms with Crippen molar-refractivity contribution in [3.63, 3.8) is 0 Å². The molecule has 0 spiro atoms. The van der Waals surface area contributed by atoms with Crippen molar-refractivity contribution < 1.29 is 9.90 Å². The van der Waals surface area contributed by atoms with E-state index in [1.165, 1.54) is 0 Å². The van der Waals surface area contributed by atoms with Crippen LogP contribution in [0.25, 0.3) is 0 Å². The summed E-state index contributed by atoms with van der Waals surface area (Å²) < 4.78 is 0. The minimum Gasteiger partial charge on any atom is -0.387 e. The van der Waals surface area contributed by atoms with Crippen LogP contribution in [0, 0.1) is 0 Å². The molecule has 1 N–H and O–H groups in total. The zero-order valence-corrected chi connectivity index (χ0v) is 14.4. The first kappa shape index (κ1) is 18.5. The minimum absolute atomic E-state index is 0. The highest BCUT2D eigenvalue weighted by Gasteiger charge is 2.23. The zero-order chi connectivity index (χ0) is 16.1. The van der Waals surface area contributed by atoms with E-state index in [1.54, 1.807) is 0 Å². The molecule has 0 aromatic heterocycles. The van der Waals surface area contributed by atoms with E-state index in [1.807, 2.05) is 65.6 Å². The number of hydrogen-bond acceptors (Lipinski definition) is 3. The summed E-state index contributed by atoms with van der Waals surface area (Å²) >= 11 is 0. The van der Waals surface area contributed by atoms with Gasteiger partial charge in [0.05, 0.1) is 6.10 Å². The smallest absolute Gasteiger partial charge is 0.253 e. The van der Waals surface area contributed by atoms with Crippen molar-refractivity contribution >= 4 is 18.3 Å². The van der Waals surface area contributed by atoms with E-state index >= 15 is 0 Å². The summed E-state index contributed by atoms with van der Waals surface area (Å²) in [6.07, 6.45) is -0.479. The SMILES string of the molecule is Cl.O=C(c1ccccc1)N1CCN(CC(O)c2ccccc2)CC1. The zero-order valence-electron chi connectivity index (χ0n) is 13.5. The Morgan fingerprint density at radius 3 is 2.04 bits per heavy atom. The van der Waals surface area contributed by atoms with Crippen LogP contribution in [0.1, 0.15) is 22.0 Å². The molecule has 1 atom stereocenters. The molecule has 0 radical (unpaired) electrons. The number of hydrogen-bond donors (Lipinski definition) is 1. The van der Waals surface area contributed by atoms with Crippen LogP contribution in [0.15, 0.2) is 60.7 Å². The van der Waals surface area contributed by atoms with E-state index < -0.39 is 6.10 Å². The van der Waals surface area contributed by atoms with Gasteiger partial charge in [0.2, 0.25) is 0 Å². The Labute approximate surface area is 149 Å². The molecule has 1 aliphatic heterocycles. The first-order chi connectivity index (χ1) is 11.2. The van der Waals surface area contributed by atoms with Crippen LogP contribution < -0.4 is 0 Å².